The first-order valence-corrected chi connectivity index (χ1v) is 6.61. The van der Waals surface area contributed by atoms with Crippen molar-refractivity contribution in [1.82, 2.24) is 20.1 Å². The highest BCUT2D eigenvalue weighted by Crippen LogP contribution is 2.23. The van der Waals surface area contributed by atoms with Crippen LogP contribution in [0.4, 0.5) is 0 Å². The second-order valence-electron chi connectivity index (χ2n) is 4.78. The molecule has 5 heteroatoms. The molecule has 1 N–H and O–H groups in total. The zero-order valence-electron chi connectivity index (χ0n) is 11.0. The van der Waals surface area contributed by atoms with E-state index in [2.05, 4.69) is 26.1 Å². The lowest BCUT2D eigenvalue weighted by Crippen LogP contribution is -2.18. The molecule has 19 heavy (non-hydrogen) atoms. The Morgan fingerprint density at radius 2 is 2.32 bits per heavy atom. The van der Waals surface area contributed by atoms with Gasteiger partial charge in [0, 0.05) is 5.56 Å². The lowest BCUT2D eigenvalue weighted by Gasteiger charge is -2.13. The predicted octanol–water partition coefficient (Wildman–Crippen LogP) is 1.76. The molecule has 1 aliphatic heterocycles. The number of aromatic nitrogens is 3. The third-order valence-electron chi connectivity index (χ3n) is 3.55. The molecule has 3 rings (SSSR count). The molecule has 0 bridgehead atoms. The summed E-state index contributed by atoms with van der Waals surface area (Å²) in [6.45, 7) is 1.80. The molecular formula is C14H18N4O. The van der Waals surface area contributed by atoms with Crippen molar-refractivity contribution in [3.63, 3.8) is 0 Å². The average molecular weight is 258 g/mol. The Bertz CT molecular complexity index is 546. The first-order chi connectivity index (χ1) is 9.38. The lowest BCUT2D eigenvalue weighted by molar-refractivity contribution is 0.407. The number of rotatable bonds is 4. The highest BCUT2D eigenvalue weighted by atomic mass is 16.5. The predicted molar refractivity (Wildman–Crippen MR) is 72.1 cm³/mol. The van der Waals surface area contributed by atoms with Gasteiger partial charge >= 0.3 is 0 Å². The van der Waals surface area contributed by atoms with Gasteiger partial charge in [0.2, 0.25) is 0 Å². The van der Waals surface area contributed by atoms with Crippen LogP contribution < -0.4 is 10.1 Å². The molecule has 1 fully saturated rings. The normalized spacial score (nSPS) is 18.7. The maximum absolute atomic E-state index is 5.39. The lowest BCUT2D eigenvalue weighted by atomic mass is 10.2. The maximum atomic E-state index is 5.39. The maximum Gasteiger partial charge on any atom is 0.150 e. The zero-order chi connectivity index (χ0) is 13.1. The van der Waals surface area contributed by atoms with E-state index in [0.29, 0.717) is 6.04 Å². The van der Waals surface area contributed by atoms with Crippen molar-refractivity contribution >= 4 is 0 Å². The van der Waals surface area contributed by atoms with Crippen LogP contribution in [0.15, 0.2) is 30.6 Å². The molecular weight excluding hydrogens is 240 g/mol. The van der Waals surface area contributed by atoms with Crippen molar-refractivity contribution in [2.24, 2.45) is 0 Å². The summed E-state index contributed by atoms with van der Waals surface area (Å²) in [6.07, 6.45) is 4.12. The third kappa shape index (κ3) is 2.46. The highest BCUT2D eigenvalue weighted by Gasteiger charge is 2.21. The van der Waals surface area contributed by atoms with Crippen LogP contribution in [0.3, 0.4) is 0 Å². The van der Waals surface area contributed by atoms with E-state index in [-0.39, 0.29) is 0 Å². The Hall–Kier alpha value is -1.88. The number of nitrogens with one attached hydrogen (secondary N) is 1. The summed E-state index contributed by atoms with van der Waals surface area (Å²) >= 11 is 0. The van der Waals surface area contributed by atoms with E-state index in [1.807, 2.05) is 18.2 Å². The number of ether oxygens (including phenoxy) is 1. The second-order valence-corrected chi connectivity index (χ2v) is 4.78. The van der Waals surface area contributed by atoms with Crippen molar-refractivity contribution in [3.8, 4) is 5.75 Å². The topological polar surface area (TPSA) is 52.0 Å². The van der Waals surface area contributed by atoms with E-state index in [4.69, 9.17) is 4.74 Å². The fourth-order valence-electron chi connectivity index (χ4n) is 2.58. The third-order valence-corrected chi connectivity index (χ3v) is 3.55. The van der Waals surface area contributed by atoms with Crippen LogP contribution in [0.5, 0.6) is 5.75 Å². The standard InChI is InChI=1S/C14H18N4O/c1-19-13-7-3-2-5-11(13)9-18-10-16-17-14(18)12-6-4-8-15-12/h2-3,5,7,10,12,15H,4,6,8-9H2,1H3. The Labute approximate surface area is 112 Å². The summed E-state index contributed by atoms with van der Waals surface area (Å²) in [5.74, 6) is 1.92. The number of benzene rings is 1. The van der Waals surface area contributed by atoms with Gasteiger partial charge in [0.05, 0.1) is 19.7 Å². The minimum atomic E-state index is 0.331. The van der Waals surface area contributed by atoms with Crippen molar-refractivity contribution < 1.29 is 4.74 Å². The van der Waals surface area contributed by atoms with Crippen LogP contribution in [-0.2, 0) is 6.54 Å². The number of hydrogen-bond acceptors (Lipinski definition) is 4. The quantitative estimate of drug-likeness (QED) is 0.908. The van der Waals surface area contributed by atoms with Crippen molar-refractivity contribution in [2.45, 2.75) is 25.4 Å². The summed E-state index contributed by atoms with van der Waals surface area (Å²) in [4.78, 5) is 0. The molecule has 5 nitrogen and oxygen atoms in total. The summed E-state index contributed by atoms with van der Waals surface area (Å²) in [5, 5.41) is 11.8. The van der Waals surface area contributed by atoms with Crippen LogP contribution in [-0.4, -0.2) is 28.4 Å². The summed E-state index contributed by atoms with van der Waals surface area (Å²) in [7, 11) is 1.70. The van der Waals surface area contributed by atoms with Crippen molar-refractivity contribution in [1.29, 1.82) is 0 Å². The molecule has 1 aromatic heterocycles. The van der Waals surface area contributed by atoms with Crippen LogP contribution in [0.25, 0.3) is 0 Å². The molecule has 1 unspecified atom stereocenters. The van der Waals surface area contributed by atoms with Gasteiger partial charge in [-0.15, -0.1) is 10.2 Å². The Morgan fingerprint density at radius 3 is 3.11 bits per heavy atom. The number of hydrogen-bond donors (Lipinski definition) is 1. The number of methoxy groups -OCH3 is 1. The largest absolute Gasteiger partial charge is 0.496 e. The van der Waals surface area contributed by atoms with E-state index in [0.717, 1.165) is 36.6 Å². The molecule has 1 aliphatic rings. The van der Waals surface area contributed by atoms with Crippen LogP contribution in [0, 0.1) is 0 Å². The Balaban J connectivity index is 1.85. The average Bonchev–Trinajstić information content (AvgIpc) is 3.09. The van der Waals surface area contributed by atoms with Gasteiger partial charge in [-0.25, -0.2) is 0 Å². The Morgan fingerprint density at radius 1 is 1.42 bits per heavy atom. The molecule has 1 saturated heterocycles. The van der Waals surface area contributed by atoms with Crippen molar-refractivity contribution in [3.05, 3.63) is 42.0 Å². The molecule has 1 atom stereocenters. The molecule has 0 spiro atoms. The van der Waals surface area contributed by atoms with Crippen LogP contribution in [0.1, 0.15) is 30.3 Å². The summed E-state index contributed by atoms with van der Waals surface area (Å²) in [6, 6.07) is 8.39. The summed E-state index contributed by atoms with van der Waals surface area (Å²) in [5.41, 5.74) is 1.14. The van der Waals surface area contributed by atoms with E-state index in [1.54, 1.807) is 13.4 Å². The van der Waals surface area contributed by atoms with Gasteiger partial charge in [-0.3, -0.25) is 0 Å². The molecule has 2 heterocycles. The molecule has 0 saturated carbocycles. The summed E-state index contributed by atoms with van der Waals surface area (Å²) < 4.78 is 7.49. The van der Waals surface area contributed by atoms with E-state index in [9.17, 15) is 0 Å². The number of para-hydroxylation sites is 1. The van der Waals surface area contributed by atoms with Gasteiger partial charge < -0.3 is 14.6 Å². The van der Waals surface area contributed by atoms with Gasteiger partial charge in [-0.05, 0) is 25.5 Å². The zero-order valence-corrected chi connectivity index (χ0v) is 11.0. The van der Waals surface area contributed by atoms with Gasteiger partial charge in [0.15, 0.2) is 0 Å². The smallest absolute Gasteiger partial charge is 0.150 e. The SMILES string of the molecule is COc1ccccc1Cn1cnnc1C1CCCN1. The first-order valence-electron chi connectivity index (χ1n) is 6.61. The highest BCUT2D eigenvalue weighted by molar-refractivity contribution is 5.33. The fraction of sp³-hybridized carbons (Fsp3) is 0.429. The van der Waals surface area contributed by atoms with Gasteiger partial charge in [0.1, 0.15) is 17.9 Å². The molecule has 0 amide bonds. The monoisotopic (exact) mass is 258 g/mol. The minimum absolute atomic E-state index is 0.331. The molecule has 2 aromatic rings. The molecule has 0 radical (unpaired) electrons. The van der Waals surface area contributed by atoms with Gasteiger partial charge in [-0.1, -0.05) is 18.2 Å². The minimum Gasteiger partial charge on any atom is -0.496 e. The van der Waals surface area contributed by atoms with E-state index < -0.39 is 0 Å². The van der Waals surface area contributed by atoms with E-state index in [1.165, 1.54) is 6.42 Å². The van der Waals surface area contributed by atoms with Crippen LogP contribution in [0.2, 0.25) is 0 Å². The molecule has 0 aliphatic carbocycles. The molecule has 100 valence electrons. The first kappa shape index (κ1) is 12.2. The van der Waals surface area contributed by atoms with Crippen LogP contribution >= 0.6 is 0 Å². The van der Waals surface area contributed by atoms with Gasteiger partial charge in [-0.2, -0.15) is 0 Å². The Kier molecular flexibility index (Phi) is 3.46. The fourth-order valence-corrected chi connectivity index (χ4v) is 2.58. The van der Waals surface area contributed by atoms with E-state index >= 15 is 0 Å². The molecule has 1 aromatic carbocycles. The number of nitrogens with zero attached hydrogens (tertiary/aromatic N) is 3. The van der Waals surface area contributed by atoms with Gasteiger partial charge in [0.25, 0.3) is 0 Å². The second kappa shape index (κ2) is 5.40. The van der Waals surface area contributed by atoms with Crippen molar-refractivity contribution in [2.75, 3.05) is 13.7 Å².